The molecule has 2 heterocycles. The number of nitrogens with zero attached hydrogens (tertiary/aromatic N) is 2. The average Bonchev–Trinajstić information content (AvgIpc) is 3.13. The van der Waals surface area contributed by atoms with E-state index in [1.54, 1.807) is 21.3 Å². The van der Waals surface area contributed by atoms with Gasteiger partial charge in [-0.05, 0) is 66.1 Å². The Morgan fingerprint density at radius 1 is 0.781 bits per heavy atom. The number of fused-ring (bicyclic) bond motifs is 1. The zero-order chi connectivity index (χ0) is 22.5. The smallest absolute Gasteiger partial charge is 0.161 e. The van der Waals surface area contributed by atoms with Crippen molar-refractivity contribution in [1.82, 2.24) is 14.9 Å². The summed E-state index contributed by atoms with van der Waals surface area (Å²) in [6, 6.07) is 16.4. The van der Waals surface area contributed by atoms with Crippen LogP contribution in [0.5, 0.6) is 17.2 Å². The molecule has 6 nitrogen and oxygen atoms in total. The van der Waals surface area contributed by atoms with E-state index in [9.17, 15) is 0 Å². The second-order valence-corrected chi connectivity index (χ2v) is 7.83. The molecule has 32 heavy (non-hydrogen) atoms. The van der Waals surface area contributed by atoms with Crippen LogP contribution >= 0.6 is 0 Å². The summed E-state index contributed by atoms with van der Waals surface area (Å²) in [6.45, 7) is 4.50. The molecule has 0 unspecified atom stereocenters. The lowest BCUT2D eigenvalue weighted by Crippen LogP contribution is -2.23. The number of rotatable bonds is 9. The number of pyridine rings is 1. The van der Waals surface area contributed by atoms with Crippen molar-refractivity contribution < 1.29 is 14.2 Å². The molecule has 0 bridgehead atoms. The predicted octanol–water partition coefficient (Wildman–Crippen LogP) is 5.10. The Hall–Kier alpha value is -3.51. The molecule has 0 spiro atoms. The van der Waals surface area contributed by atoms with E-state index in [1.165, 1.54) is 22.2 Å². The minimum atomic E-state index is 0.734. The maximum absolute atomic E-state index is 5.51. The molecule has 0 saturated carbocycles. The predicted molar refractivity (Wildman–Crippen MR) is 126 cm³/mol. The zero-order valence-corrected chi connectivity index (χ0v) is 19.0. The van der Waals surface area contributed by atoms with Gasteiger partial charge >= 0.3 is 0 Å². The van der Waals surface area contributed by atoms with Gasteiger partial charge in [-0.15, -0.1) is 0 Å². The van der Waals surface area contributed by atoms with Crippen LogP contribution in [-0.2, 0) is 19.6 Å². The molecule has 0 aliphatic heterocycles. The Kier molecular flexibility index (Phi) is 6.61. The fraction of sp³-hybridized carbons (Fsp3) is 0.269. The summed E-state index contributed by atoms with van der Waals surface area (Å²) in [6.07, 6.45) is 3.68. The number of hydrogen-bond acceptors (Lipinski definition) is 5. The van der Waals surface area contributed by atoms with Gasteiger partial charge in [0, 0.05) is 48.6 Å². The van der Waals surface area contributed by atoms with E-state index in [1.807, 2.05) is 30.6 Å². The van der Waals surface area contributed by atoms with Gasteiger partial charge in [0.2, 0.25) is 0 Å². The second kappa shape index (κ2) is 9.75. The van der Waals surface area contributed by atoms with E-state index < -0.39 is 0 Å². The largest absolute Gasteiger partial charge is 0.497 e. The molecule has 166 valence electrons. The van der Waals surface area contributed by atoms with Gasteiger partial charge in [0.1, 0.15) is 5.75 Å². The first-order valence-electron chi connectivity index (χ1n) is 10.6. The van der Waals surface area contributed by atoms with Crippen molar-refractivity contribution in [2.75, 3.05) is 21.3 Å². The van der Waals surface area contributed by atoms with Gasteiger partial charge in [-0.25, -0.2) is 0 Å². The molecule has 0 aliphatic carbocycles. The first-order chi connectivity index (χ1) is 15.6. The molecule has 0 radical (unpaired) electrons. The van der Waals surface area contributed by atoms with E-state index in [4.69, 9.17) is 14.2 Å². The maximum Gasteiger partial charge on any atom is 0.161 e. The van der Waals surface area contributed by atoms with Gasteiger partial charge in [0.15, 0.2) is 11.5 Å². The van der Waals surface area contributed by atoms with Crippen molar-refractivity contribution in [2.45, 2.75) is 26.6 Å². The molecule has 2 aromatic carbocycles. The normalized spacial score (nSPS) is 11.2. The summed E-state index contributed by atoms with van der Waals surface area (Å²) in [5.41, 5.74) is 5.94. The average molecular weight is 432 g/mol. The summed E-state index contributed by atoms with van der Waals surface area (Å²) in [5, 5.41) is 1.19. The van der Waals surface area contributed by atoms with Crippen molar-refractivity contribution >= 4 is 10.9 Å². The number of H-pyrrole nitrogens is 1. The third kappa shape index (κ3) is 4.70. The molecule has 0 fully saturated rings. The fourth-order valence-electron chi connectivity index (χ4n) is 4.02. The van der Waals surface area contributed by atoms with E-state index in [0.29, 0.717) is 0 Å². The molecule has 4 aromatic rings. The summed E-state index contributed by atoms with van der Waals surface area (Å²) < 4.78 is 16.3. The Bertz CT molecular complexity index is 1190. The molecular weight excluding hydrogens is 402 g/mol. The highest BCUT2D eigenvalue weighted by molar-refractivity contribution is 5.85. The third-order valence-electron chi connectivity index (χ3n) is 5.76. The molecule has 4 rings (SSSR count). The Morgan fingerprint density at radius 2 is 1.53 bits per heavy atom. The van der Waals surface area contributed by atoms with Crippen LogP contribution in [0.4, 0.5) is 0 Å². The molecule has 0 aliphatic rings. The van der Waals surface area contributed by atoms with E-state index in [2.05, 4.69) is 52.1 Å². The number of benzene rings is 2. The van der Waals surface area contributed by atoms with Crippen LogP contribution in [0.1, 0.15) is 22.4 Å². The maximum atomic E-state index is 5.51. The highest BCUT2D eigenvalue weighted by Gasteiger charge is 2.15. The SMILES string of the molecule is COc1ccc2[nH]c(CN(Cc3ccncc3)Cc3ccc(OC)c(OC)c3)c(C)c2c1. The highest BCUT2D eigenvalue weighted by Crippen LogP contribution is 2.30. The second-order valence-electron chi connectivity index (χ2n) is 7.83. The van der Waals surface area contributed by atoms with E-state index in [0.717, 1.165) is 48.0 Å². The number of hydrogen-bond donors (Lipinski definition) is 1. The number of nitrogens with one attached hydrogen (secondary N) is 1. The summed E-state index contributed by atoms with van der Waals surface area (Å²) in [4.78, 5) is 10.2. The molecule has 2 aromatic heterocycles. The quantitative estimate of drug-likeness (QED) is 0.400. The number of aryl methyl sites for hydroxylation is 1. The molecule has 1 N–H and O–H groups in total. The van der Waals surface area contributed by atoms with Gasteiger partial charge in [0.05, 0.1) is 21.3 Å². The third-order valence-corrected chi connectivity index (χ3v) is 5.76. The van der Waals surface area contributed by atoms with Crippen LogP contribution in [0.15, 0.2) is 60.9 Å². The van der Waals surface area contributed by atoms with Crippen LogP contribution in [-0.4, -0.2) is 36.2 Å². The van der Waals surface area contributed by atoms with Crippen LogP contribution in [0.2, 0.25) is 0 Å². The Morgan fingerprint density at radius 3 is 2.25 bits per heavy atom. The van der Waals surface area contributed by atoms with Crippen LogP contribution in [0.25, 0.3) is 10.9 Å². The minimum Gasteiger partial charge on any atom is -0.497 e. The van der Waals surface area contributed by atoms with Gasteiger partial charge in [0.25, 0.3) is 0 Å². The number of aromatic nitrogens is 2. The van der Waals surface area contributed by atoms with E-state index in [-0.39, 0.29) is 0 Å². The Labute approximate surface area is 188 Å². The number of aromatic amines is 1. The highest BCUT2D eigenvalue weighted by atomic mass is 16.5. The van der Waals surface area contributed by atoms with Crippen LogP contribution in [0.3, 0.4) is 0 Å². The molecule has 0 atom stereocenters. The van der Waals surface area contributed by atoms with Crippen molar-refractivity contribution in [3.8, 4) is 17.2 Å². The van der Waals surface area contributed by atoms with E-state index >= 15 is 0 Å². The molecule has 0 amide bonds. The number of methoxy groups -OCH3 is 3. The van der Waals surface area contributed by atoms with Crippen LogP contribution < -0.4 is 14.2 Å². The lowest BCUT2D eigenvalue weighted by atomic mass is 10.1. The van der Waals surface area contributed by atoms with Crippen molar-refractivity contribution in [1.29, 1.82) is 0 Å². The van der Waals surface area contributed by atoms with Crippen molar-refractivity contribution in [3.63, 3.8) is 0 Å². The lowest BCUT2D eigenvalue weighted by molar-refractivity contribution is 0.244. The van der Waals surface area contributed by atoms with Gasteiger partial charge < -0.3 is 19.2 Å². The number of ether oxygens (including phenoxy) is 3. The van der Waals surface area contributed by atoms with Gasteiger partial charge in [-0.3, -0.25) is 9.88 Å². The first kappa shape index (κ1) is 21.7. The molecule has 0 saturated heterocycles. The van der Waals surface area contributed by atoms with Crippen molar-refractivity contribution in [3.05, 3.63) is 83.3 Å². The summed E-state index contributed by atoms with van der Waals surface area (Å²) in [5.74, 6) is 2.34. The van der Waals surface area contributed by atoms with Crippen LogP contribution in [0, 0.1) is 6.92 Å². The molecule has 6 heteroatoms. The van der Waals surface area contributed by atoms with Gasteiger partial charge in [-0.2, -0.15) is 0 Å². The summed E-state index contributed by atoms with van der Waals surface area (Å²) >= 11 is 0. The fourth-order valence-corrected chi connectivity index (χ4v) is 4.02. The van der Waals surface area contributed by atoms with Crippen molar-refractivity contribution in [2.24, 2.45) is 0 Å². The first-order valence-corrected chi connectivity index (χ1v) is 10.6. The monoisotopic (exact) mass is 431 g/mol. The molecular formula is C26H29N3O3. The standard InChI is InChI=1S/C26H29N3O3/c1-18-22-14-21(30-2)6-7-23(22)28-24(18)17-29(15-19-9-11-27-12-10-19)16-20-5-8-25(31-3)26(13-20)32-4/h5-14,28H,15-17H2,1-4H3. The van der Waals surface area contributed by atoms with Gasteiger partial charge in [-0.1, -0.05) is 6.07 Å². The summed E-state index contributed by atoms with van der Waals surface area (Å²) in [7, 11) is 5.02. The lowest BCUT2D eigenvalue weighted by Gasteiger charge is -2.23. The minimum absolute atomic E-state index is 0.734. The zero-order valence-electron chi connectivity index (χ0n) is 19.0. The Balaban J connectivity index is 1.64. The topological polar surface area (TPSA) is 59.6 Å².